The highest BCUT2D eigenvalue weighted by molar-refractivity contribution is 7.16. The Bertz CT molecular complexity index is 133. The fraction of sp³-hybridized carbons (Fsp3) is 1.00. The molecule has 2 unspecified atom stereocenters. The second-order valence-electron chi connectivity index (χ2n) is 5.50. The maximum absolute atomic E-state index is 2.90. The van der Waals surface area contributed by atoms with Crippen LogP contribution in [0.5, 0.6) is 0 Å². The zero-order valence-corrected chi connectivity index (χ0v) is 13.5. The Kier molecular flexibility index (Phi) is 14.9. The first-order valence-corrected chi connectivity index (χ1v) is 8.86. The van der Waals surface area contributed by atoms with E-state index >= 15 is 0 Å². The molecule has 0 amide bonds. The maximum Gasteiger partial charge on any atom is -0.0378 e. The topological polar surface area (TPSA) is 0 Å². The molecule has 0 aliphatic heterocycles. The molecule has 0 aliphatic carbocycles. The summed E-state index contributed by atoms with van der Waals surface area (Å²) in [5, 5.41) is 0. The van der Waals surface area contributed by atoms with Gasteiger partial charge in [-0.1, -0.05) is 84.5 Å². The zero-order valence-electron chi connectivity index (χ0n) is 12.3. The summed E-state index contributed by atoms with van der Waals surface area (Å²) in [6.45, 7) is 4.60. The molecule has 0 radical (unpaired) electrons. The molecular formula is C16H35P. The second kappa shape index (κ2) is 14.5. The summed E-state index contributed by atoms with van der Waals surface area (Å²) < 4.78 is 0. The molecule has 0 aromatic rings. The van der Waals surface area contributed by atoms with Gasteiger partial charge in [0.25, 0.3) is 0 Å². The fourth-order valence-electron chi connectivity index (χ4n) is 2.55. The van der Waals surface area contributed by atoms with Gasteiger partial charge in [0.1, 0.15) is 0 Å². The molecule has 104 valence electrons. The van der Waals surface area contributed by atoms with E-state index in [1.807, 2.05) is 0 Å². The number of hydrogen-bond donors (Lipinski definition) is 0. The number of hydrogen-bond acceptors (Lipinski definition) is 0. The summed E-state index contributed by atoms with van der Waals surface area (Å²) in [5.41, 5.74) is 0. The van der Waals surface area contributed by atoms with Crippen LogP contribution in [0, 0.1) is 5.92 Å². The second-order valence-corrected chi connectivity index (χ2v) is 6.07. The standard InChI is InChI=1S/C16H35P/c1-3-5-7-8-9-10-11-13-16(14-15-17)12-6-4-2/h16H,3-15,17H2,1-2H3. The van der Waals surface area contributed by atoms with Crippen LogP contribution in [0.25, 0.3) is 0 Å². The lowest BCUT2D eigenvalue weighted by Gasteiger charge is -2.15. The van der Waals surface area contributed by atoms with Crippen molar-refractivity contribution in [3.63, 3.8) is 0 Å². The Balaban J connectivity index is 3.34. The predicted molar refractivity (Wildman–Crippen MR) is 84.8 cm³/mol. The van der Waals surface area contributed by atoms with Gasteiger partial charge in [0.05, 0.1) is 0 Å². The van der Waals surface area contributed by atoms with Crippen LogP contribution >= 0.6 is 9.24 Å². The Labute approximate surface area is 113 Å². The normalized spacial score (nSPS) is 12.9. The minimum Gasteiger partial charge on any atom is -0.138 e. The fourth-order valence-corrected chi connectivity index (χ4v) is 3.02. The number of unbranched alkanes of at least 4 members (excludes halogenated alkanes) is 7. The van der Waals surface area contributed by atoms with Crippen molar-refractivity contribution < 1.29 is 0 Å². The number of rotatable bonds is 13. The third-order valence-corrected chi connectivity index (χ3v) is 4.09. The van der Waals surface area contributed by atoms with Gasteiger partial charge in [-0.15, -0.1) is 9.24 Å². The van der Waals surface area contributed by atoms with Crippen LogP contribution in [0.3, 0.4) is 0 Å². The predicted octanol–water partition coefficient (Wildman–Crippen LogP) is 6.20. The SMILES string of the molecule is CCCCCCCCCC(CCP)CCCC. The molecule has 0 rings (SSSR count). The molecule has 0 saturated heterocycles. The van der Waals surface area contributed by atoms with Crippen LogP contribution in [0.4, 0.5) is 0 Å². The summed E-state index contributed by atoms with van der Waals surface area (Å²) in [6.07, 6.45) is 18.7. The smallest absolute Gasteiger partial charge is 0.0378 e. The van der Waals surface area contributed by atoms with E-state index < -0.39 is 0 Å². The molecule has 2 atom stereocenters. The summed E-state index contributed by atoms with van der Waals surface area (Å²) in [6, 6.07) is 0. The average molecular weight is 258 g/mol. The molecule has 0 aromatic carbocycles. The van der Waals surface area contributed by atoms with E-state index in [4.69, 9.17) is 0 Å². The van der Waals surface area contributed by atoms with Crippen LogP contribution in [-0.4, -0.2) is 6.16 Å². The summed E-state index contributed by atoms with van der Waals surface area (Å²) in [5.74, 6) is 1.02. The zero-order chi connectivity index (χ0) is 12.8. The Morgan fingerprint density at radius 3 is 1.76 bits per heavy atom. The van der Waals surface area contributed by atoms with Gasteiger partial charge >= 0.3 is 0 Å². The highest BCUT2D eigenvalue weighted by Crippen LogP contribution is 2.21. The third kappa shape index (κ3) is 12.7. The molecule has 0 aliphatic rings. The van der Waals surface area contributed by atoms with Gasteiger partial charge in [0.15, 0.2) is 0 Å². The average Bonchev–Trinajstić information content (AvgIpc) is 2.34. The van der Waals surface area contributed by atoms with Gasteiger partial charge in [-0.2, -0.15) is 0 Å². The van der Waals surface area contributed by atoms with Crippen molar-refractivity contribution in [1.29, 1.82) is 0 Å². The van der Waals surface area contributed by atoms with Crippen molar-refractivity contribution in [1.82, 2.24) is 0 Å². The van der Waals surface area contributed by atoms with Crippen LogP contribution < -0.4 is 0 Å². The Hall–Kier alpha value is 0.430. The molecule has 0 N–H and O–H groups in total. The van der Waals surface area contributed by atoms with Crippen LogP contribution in [0.2, 0.25) is 0 Å². The first kappa shape index (κ1) is 17.4. The van der Waals surface area contributed by atoms with E-state index in [-0.39, 0.29) is 0 Å². The first-order chi connectivity index (χ1) is 8.35. The molecule has 1 heteroatoms. The molecular weight excluding hydrogens is 223 g/mol. The lowest BCUT2D eigenvalue weighted by atomic mass is 9.93. The third-order valence-electron chi connectivity index (χ3n) is 3.76. The molecule has 17 heavy (non-hydrogen) atoms. The molecule has 0 fully saturated rings. The van der Waals surface area contributed by atoms with Crippen LogP contribution in [-0.2, 0) is 0 Å². The quantitative estimate of drug-likeness (QED) is 0.272. The van der Waals surface area contributed by atoms with E-state index in [1.165, 1.54) is 83.2 Å². The van der Waals surface area contributed by atoms with Crippen molar-refractivity contribution in [3.8, 4) is 0 Å². The first-order valence-electron chi connectivity index (χ1n) is 8.05. The van der Waals surface area contributed by atoms with Gasteiger partial charge in [-0.05, 0) is 18.5 Å². The molecule has 0 nitrogen and oxygen atoms in total. The van der Waals surface area contributed by atoms with Crippen LogP contribution in [0.15, 0.2) is 0 Å². The highest BCUT2D eigenvalue weighted by Gasteiger charge is 2.06. The van der Waals surface area contributed by atoms with E-state index in [1.54, 1.807) is 0 Å². The summed E-state index contributed by atoms with van der Waals surface area (Å²) in [7, 11) is 2.90. The van der Waals surface area contributed by atoms with Crippen molar-refractivity contribution in [2.75, 3.05) is 6.16 Å². The van der Waals surface area contributed by atoms with Crippen molar-refractivity contribution in [2.24, 2.45) is 5.92 Å². The summed E-state index contributed by atoms with van der Waals surface area (Å²) >= 11 is 0. The Morgan fingerprint density at radius 1 is 0.647 bits per heavy atom. The Morgan fingerprint density at radius 2 is 1.18 bits per heavy atom. The minimum absolute atomic E-state index is 1.02. The highest BCUT2D eigenvalue weighted by atomic mass is 31.0. The summed E-state index contributed by atoms with van der Waals surface area (Å²) in [4.78, 5) is 0. The van der Waals surface area contributed by atoms with Gasteiger partial charge in [0, 0.05) is 0 Å². The molecule has 0 heterocycles. The van der Waals surface area contributed by atoms with E-state index in [9.17, 15) is 0 Å². The molecule has 0 spiro atoms. The van der Waals surface area contributed by atoms with E-state index in [2.05, 4.69) is 23.1 Å². The maximum atomic E-state index is 2.90. The van der Waals surface area contributed by atoms with Crippen molar-refractivity contribution in [3.05, 3.63) is 0 Å². The largest absolute Gasteiger partial charge is 0.138 e. The van der Waals surface area contributed by atoms with Gasteiger partial charge in [-0.3, -0.25) is 0 Å². The van der Waals surface area contributed by atoms with Crippen LogP contribution in [0.1, 0.15) is 90.9 Å². The lowest BCUT2D eigenvalue weighted by molar-refractivity contribution is 0.402. The van der Waals surface area contributed by atoms with Crippen molar-refractivity contribution in [2.45, 2.75) is 90.9 Å². The van der Waals surface area contributed by atoms with Gasteiger partial charge in [0.2, 0.25) is 0 Å². The molecule has 0 saturated carbocycles. The lowest BCUT2D eigenvalue weighted by Crippen LogP contribution is -2.01. The monoisotopic (exact) mass is 258 g/mol. The minimum atomic E-state index is 1.02. The van der Waals surface area contributed by atoms with E-state index in [0.717, 1.165) is 5.92 Å². The van der Waals surface area contributed by atoms with E-state index in [0.29, 0.717) is 0 Å². The van der Waals surface area contributed by atoms with Gasteiger partial charge < -0.3 is 0 Å². The van der Waals surface area contributed by atoms with Gasteiger partial charge in [-0.25, -0.2) is 0 Å². The molecule has 0 aromatic heterocycles. The molecule has 0 bridgehead atoms. The van der Waals surface area contributed by atoms with Crippen molar-refractivity contribution >= 4 is 9.24 Å².